The summed E-state index contributed by atoms with van der Waals surface area (Å²) in [6.07, 6.45) is 0. The zero-order valence-electron chi connectivity index (χ0n) is 12.6. The van der Waals surface area contributed by atoms with Gasteiger partial charge in [-0.05, 0) is 45.4 Å². The summed E-state index contributed by atoms with van der Waals surface area (Å²) in [6, 6.07) is 7.70. The lowest BCUT2D eigenvalue weighted by Crippen LogP contribution is -2.46. The first-order valence-electron chi connectivity index (χ1n) is 6.80. The Morgan fingerprint density at radius 1 is 1.20 bits per heavy atom. The van der Waals surface area contributed by atoms with Gasteiger partial charge in [-0.2, -0.15) is 0 Å². The number of rotatable bonds is 5. The predicted molar refractivity (Wildman–Crippen MR) is 82.4 cm³/mol. The predicted octanol–water partition coefficient (Wildman–Crippen LogP) is 1.72. The highest BCUT2D eigenvalue weighted by Crippen LogP contribution is 2.08. The van der Waals surface area contributed by atoms with E-state index in [1.54, 1.807) is 18.2 Å². The average molecular weight is 276 g/mol. The smallest absolute Gasteiger partial charge is 0.248 e. The monoisotopic (exact) mass is 276 g/mol. The van der Waals surface area contributed by atoms with E-state index in [4.69, 9.17) is 11.5 Å². The fourth-order valence-corrected chi connectivity index (χ4v) is 2.20. The van der Waals surface area contributed by atoms with Gasteiger partial charge in [-0.15, -0.1) is 0 Å². The Hall–Kier alpha value is -2.04. The molecule has 20 heavy (non-hydrogen) atoms. The molecule has 0 spiro atoms. The molecule has 0 saturated carbocycles. The number of nitrogens with zero attached hydrogens (tertiary/aromatic N) is 2. The number of guanidine groups is 1. The Bertz CT molecular complexity index is 486. The van der Waals surface area contributed by atoms with E-state index in [1.165, 1.54) is 0 Å². The minimum absolute atomic E-state index is 0.288. The van der Waals surface area contributed by atoms with E-state index < -0.39 is 5.91 Å². The van der Waals surface area contributed by atoms with E-state index in [0.717, 1.165) is 5.56 Å². The van der Waals surface area contributed by atoms with Gasteiger partial charge in [-0.25, -0.2) is 4.99 Å². The normalized spacial score (nSPS) is 12.0. The van der Waals surface area contributed by atoms with E-state index >= 15 is 0 Å². The van der Waals surface area contributed by atoms with E-state index in [-0.39, 0.29) is 12.1 Å². The van der Waals surface area contributed by atoms with Crippen LogP contribution in [0.4, 0.5) is 0 Å². The molecule has 0 unspecified atom stereocenters. The molecule has 5 nitrogen and oxygen atoms in total. The molecule has 0 heterocycles. The summed E-state index contributed by atoms with van der Waals surface area (Å²) >= 11 is 0. The first kappa shape index (κ1) is 16.0. The highest BCUT2D eigenvalue weighted by Gasteiger charge is 2.15. The molecule has 0 bridgehead atoms. The zero-order valence-corrected chi connectivity index (χ0v) is 12.6. The van der Waals surface area contributed by atoms with Crippen molar-refractivity contribution >= 4 is 11.9 Å². The molecule has 110 valence electrons. The Balaban J connectivity index is 2.85. The zero-order chi connectivity index (χ0) is 15.3. The second-order valence-corrected chi connectivity index (χ2v) is 5.33. The van der Waals surface area contributed by atoms with Crippen molar-refractivity contribution in [3.05, 3.63) is 35.4 Å². The quantitative estimate of drug-likeness (QED) is 0.634. The van der Waals surface area contributed by atoms with Crippen LogP contribution in [0.1, 0.15) is 43.6 Å². The maximum absolute atomic E-state index is 11.1. The van der Waals surface area contributed by atoms with Gasteiger partial charge >= 0.3 is 0 Å². The number of hydrogen-bond donors (Lipinski definition) is 2. The van der Waals surface area contributed by atoms with Gasteiger partial charge in [0.25, 0.3) is 0 Å². The van der Waals surface area contributed by atoms with Crippen LogP contribution in [0.15, 0.2) is 29.3 Å². The second kappa shape index (κ2) is 6.93. The van der Waals surface area contributed by atoms with Gasteiger partial charge in [0, 0.05) is 17.6 Å². The molecule has 0 aliphatic heterocycles. The van der Waals surface area contributed by atoms with Crippen LogP contribution in [0.25, 0.3) is 0 Å². The highest BCUT2D eigenvalue weighted by molar-refractivity contribution is 5.92. The van der Waals surface area contributed by atoms with Gasteiger partial charge < -0.3 is 16.4 Å². The van der Waals surface area contributed by atoms with Crippen molar-refractivity contribution in [1.29, 1.82) is 0 Å². The lowest BCUT2D eigenvalue weighted by molar-refractivity contribution is 0.1000. The number of carbonyl (C=O) groups is 1. The fourth-order valence-electron chi connectivity index (χ4n) is 2.20. The van der Waals surface area contributed by atoms with E-state index in [1.807, 2.05) is 6.07 Å². The van der Waals surface area contributed by atoms with Crippen LogP contribution >= 0.6 is 0 Å². The summed E-state index contributed by atoms with van der Waals surface area (Å²) in [5.74, 6) is 0.0780. The van der Waals surface area contributed by atoms with Crippen LogP contribution in [0.3, 0.4) is 0 Å². The SMILES string of the molecule is CC(C)N(C(N)=NCc1cccc(C(N)=O)c1)C(C)C. The standard InChI is InChI=1S/C15H24N4O/c1-10(2)19(11(3)4)15(17)18-9-12-6-5-7-13(8-12)14(16)20/h5-8,10-11H,9H2,1-4H3,(H2,16,20)(H2,17,18). The van der Waals surface area contributed by atoms with Crippen LogP contribution in [-0.4, -0.2) is 28.9 Å². The molecule has 0 aromatic heterocycles. The van der Waals surface area contributed by atoms with Crippen LogP contribution < -0.4 is 11.5 Å². The maximum atomic E-state index is 11.1. The molecule has 0 aliphatic rings. The summed E-state index contributed by atoms with van der Waals surface area (Å²) in [4.78, 5) is 17.6. The summed E-state index contributed by atoms with van der Waals surface area (Å²) in [7, 11) is 0. The Morgan fingerprint density at radius 3 is 2.30 bits per heavy atom. The summed E-state index contributed by atoms with van der Waals surface area (Å²) in [5, 5.41) is 0. The van der Waals surface area contributed by atoms with Gasteiger partial charge in [0.2, 0.25) is 5.91 Å². The first-order valence-corrected chi connectivity index (χ1v) is 6.80. The van der Waals surface area contributed by atoms with Gasteiger partial charge in [0.05, 0.1) is 6.54 Å². The van der Waals surface area contributed by atoms with E-state index in [2.05, 4.69) is 37.6 Å². The largest absolute Gasteiger partial charge is 0.370 e. The second-order valence-electron chi connectivity index (χ2n) is 5.33. The Morgan fingerprint density at radius 2 is 1.80 bits per heavy atom. The lowest BCUT2D eigenvalue weighted by Gasteiger charge is -2.31. The van der Waals surface area contributed by atoms with Gasteiger partial charge in [0.1, 0.15) is 0 Å². The molecule has 4 N–H and O–H groups in total. The van der Waals surface area contributed by atoms with Crippen LogP contribution in [0, 0.1) is 0 Å². The molecule has 1 rings (SSSR count). The molecule has 1 aromatic rings. The summed E-state index contributed by atoms with van der Waals surface area (Å²) in [6.45, 7) is 8.75. The average Bonchev–Trinajstić information content (AvgIpc) is 2.35. The Labute approximate surface area is 120 Å². The fraction of sp³-hybridized carbons (Fsp3) is 0.467. The minimum Gasteiger partial charge on any atom is -0.370 e. The molecule has 0 radical (unpaired) electrons. The van der Waals surface area contributed by atoms with Crippen molar-refractivity contribution < 1.29 is 4.79 Å². The van der Waals surface area contributed by atoms with E-state index in [0.29, 0.717) is 18.1 Å². The molecule has 0 aliphatic carbocycles. The van der Waals surface area contributed by atoms with Gasteiger partial charge in [-0.1, -0.05) is 12.1 Å². The van der Waals surface area contributed by atoms with Crippen molar-refractivity contribution in [3.63, 3.8) is 0 Å². The van der Waals surface area contributed by atoms with E-state index in [9.17, 15) is 4.79 Å². The lowest BCUT2D eigenvalue weighted by atomic mass is 10.1. The van der Waals surface area contributed by atoms with Gasteiger partial charge in [-0.3, -0.25) is 4.79 Å². The molecule has 1 amide bonds. The van der Waals surface area contributed by atoms with Gasteiger partial charge in [0.15, 0.2) is 5.96 Å². The molecule has 5 heteroatoms. The number of nitrogens with two attached hydrogens (primary N) is 2. The van der Waals surface area contributed by atoms with Crippen molar-refractivity contribution in [2.24, 2.45) is 16.5 Å². The van der Waals surface area contributed by atoms with Crippen molar-refractivity contribution in [2.45, 2.75) is 46.3 Å². The maximum Gasteiger partial charge on any atom is 0.248 e. The third-order valence-electron chi connectivity index (χ3n) is 3.01. The molecule has 0 atom stereocenters. The minimum atomic E-state index is -0.435. The molecule has 0 fully saturated rings. The highest BCUT2D eigenvalue weighted by atomic mass is 16.1. The molecule has 1 aromatic carbocycles. The number of primary amides is 1. The van der Waals surface area contributed by atoms with Crippen molar-refractivity contribution in [3.8, 4) is 0 Å². The number of aliphatic imine (C=N–C) groups is 1. The number of amides is 1. The molecular formula is C15H24N4O. The first-order chi connectivity index (χ1) is 9.32. The Kier molecular flexibility index (Phi) is 5.55. The van der Waals surface area contributed by atoms with Crippen molar-refractivity contribution in [1.82, 2.24) is 4.90 Å². The summed E-state index contributed by atoms with van der Waals surface area (Å²) in [5.41, 5.74) is 12.7. The molecular weight excluding hydrogens is 252 g/mol. The third-order valence-corrected chi connectivity index (χ3v) is 3.01. The number of hydrogen-bond acceptors (Lipinski definition) is 2. The van der Waals surface area contributed by atoms with Crippen LogP contribution in [-0.2, 0) is 6.54 Å². The number of benzene rings is 1. The van der Waals surface area contributed by atoms with Crippen LogP contribution in [0.5, 0.6) is 0 Å². The molecule has 0 saturated heterocycles. The number of carbonyl (C=O) groups excluding carboxylic acids is 1. The van der Waals surface area contributed by atoms with Crippen LogP contribution in [0.2, 0.25) is 0 Å². The van der Waals surface area contributed by atoms with Crippen molar-refractivity contribution in [2.75, 3.05) is 0 Å². The summed E-state index contributed by atoms with van der Waals surface area (Å²) < 4.78 is 0. The topological polar surface area (TPSA) is 84.7 Å². The third kappa shape index (κ3) is 4.26.